The highest BCUT2D eigenvalue weighted by Gasteiger charge is 2.31. The number of carbonyl (C=O) groups excluding carboxylic acids is 1. The van der Waals surface area contributed by atoms with Crippen LogP contribution in [0.4, 0.5) is 0 Å². The molecule has 0 heterocycles. The van der Waals surface area contributed by atoms with Crippen LogP contribution in [0.5, 0.6) is 0 Å². The lowest BCUT2D eigenvalue weighted by Crippen LogP contribution is -2.43. The molecule has 98 valence electrons. The molecular formula is C13H25N3O. The fourth-order valence-corrected chi connectivity index (χ4v) is 2.71. The second kappa shape index (κ2) is 5.36. The lowest BCUT2D eigenvalue weighted by molar-refractivity contribution is -0.122. The van der Waals surface area contributed by atoms with Crippen LogP contribution in [0.1, 0.15) is 44.9 Å². The Morgan fingerprint density at radius 3 is 2.65 bits per heavy atom. The molecule has 0 aromatic heterocycles. The van der Waals surface area contributed by atoms with Crippen molar-refractivity contribution in [1.82, 2.24) is 10.2 Å². The summed E-state index contributed by atoms with van der Waals surface area (Å²) in [7, 11) is 2.13. The van der Waals surface area contributed by atoms with Gasteiger partial charge in [-0.05, 0) is 32.7 Å². The molecule has 4 nitrogen and oxygen atoms in total. The molecule has 2 fully saturated rings. The summed E-state index contributed by atoms with van der Waals surface area (Å²) >= 11 is 0. The van der Waals surface area contributed by atoms with Crippen LogP contribution in [0.15, 0.2) is 0 Å². The molecule has 2 aliphatic rings. The molecule has 0 aromatic rings. The summed E-state index contributed by atoms with van der Waals surface area (Å²) in [6.07, 6.45) is 7.49. The molecule has 0 radical (unpaired) electrons. The van der Waals surface area contributed by atoms with E-state index < -0.39 is 0 Å². The number of hydrogen-bond donors (Lipinski definition) is 2. The fourth-order valence-electron chi connectivity index (χ4n) is 2.71. The van der Waals surface area contributed by atoms with Crippen LogP contribution in [0.3, 0.4) is 0 Å². The maximum absolute atomic E-state index is 11.8. The van der Waals surface area contributed by atoms with E-state index in [4.69, 9.17) is 5.73 Å². The molecule has 2 saturated carbocycles. The van der Waals surface area contributed by atoms with Crippen molar-refractivity contribution in [3.8, 4) is 0 Å². The molecule has 0 spiro atoms. The molecular weight excluding hydrogens is 214 g/mol. The molecule has 0 unspecified atom stereocenters. The normalized spacial score (nSPS) is 23.0. The van der Waals surface area contributed by atoms with E-state index in [1.165, 1.54) is 25.7 Å². The predicted molar refractivity (Wildman–Crippen MR) is 68.7 cm³/mol. The van der Waals surface area contributed by atoms with Crippen molar-refractivity contribution in [1.29, 1.82) is 0 Å². The van der Waals surface area contributed by atoms with Crippen LogP contribution in [-0.4, -0.2) is 42.5 Å². The van der Waals surface area contributed by atoms with Crippen molar-refractivity contribution in [2.75, 3.05) is 20.1 Å². The van der Waals surface area contributed by atoms with Crippen molar-refractivity contribution in [2.24, 2.45) is 5.73 Å². The Labute approximate surface area is 104 Å². The summed E-state index contributed by atoms with van der Waals surface area (Å²) in [5.74, 6) is 0.124. The van der Waals surface area contributed by atoms with Crippen molar-refractivity contribution in [3.63, 3.8) is 0 Å². The summed E-state index contributed by atoms with van der Waals surface area (Å²) in [5, 5.41) is 2.99. The minimum absolute atomic E-state index is 0.124. The molecule has 1 amide bonds. The molecule has 2 aliphatic carbocycles. The zero-order chi connectivity index (χ0) is 12.3. The predicted octanol–water partition coefficient (Wildman–Crippen LogP) is 0.858. The van der Waals surface area contributed by atoms with E-state index in [-0.39, 0.29) is 11.4 Å². The molecule has 0 saturated heterocycles. The minimum atomic E-state index is -0.216. The zero-order valence-corrected chi connectivity index (χ0v) is 10.9. The van der Waals surface area contributed by atoms with Gasteiger partial charge in [-0.1, -0.05) is 12.8 Å². The van der Waals surface area contributed by atoms with E-state index in [1.54, 1.807) is 0 Å². The number of likely N-dealkylation sites (N-methyl/N-ethyl adjacent to an activating group) is 1. The fraction of sp³-hybridized carbons (Fsp3) is 0.923. The molecule has 0 aromatic carbocycles. The largest absolute Gasteiger partial charge is 0.355 e. The number of nitrogens with one attached hydrogen (secondary N) is 1. The van der Waals surface area contributed by atoms with Crippen LogP contribution in [0.2, 0.25) is 0 Å². The quantitative estimate of drug-likeness (QED) is 0.723. The number of amides is 1. The van der Waals surface area contributed by atoms with Gasteiger partial charge in [0.2, 0.25) is 5.91 Å². The number of nitrogens with two attached hydrogens (primary N) is 1. The topological polar surface area (TPSA) is 58.4 Å². The van der Waals surface area contributed by atoms with Crippen LogP contribution in [0.25, 0.3) is 0 Å². The van der Waals surface area contributed by atoms with Crippen molar-refractivity contribution in [3.05, 3.63) is 0 Å². The van der Waals surface area contributed by atoms with Gasteiger partial charge in [0.25, 0.3) is 0 Å². The average Bonchev–Trinajstić information content (AvgIpc) is 3.03. The first-order chi connectivity index (χ1) is 8.09. The van der Waals surface area contributed by atoms with Crippen LogP contribution in [0, 0.1) is 0 Å². The van der Waals surface area contributed by atoms with Crippen molar-refractivity contribution in [2.45, 2.75) is 56.5 Å². The second-order valence-corrected chi connectivity index (χ2v) is 5.81. The number of carbonyl (C=O) groups is 1. The summed E-state index contributed by atoms with van der Waals surface area (Å²) in [6, 6.07) is 0.766. The molecule has 0 bridgehead atoms. The molecule has 2 rings (SSSR count). The summed E-state index contributed by atoms with van der Waals surface area (Å²) in [6.45, 7) is 1.70. The maximum atomic E-state index is 11.8. The van der Waals surface area contributed by atoms with Gasteiger partial charge in [0.15, 0.2) is 0 Å². The van der Waals surface area contributed by atoms with Gasteiger partial charge in [-0.25, -0.2) is 0 Å². The third kappa shape index (κ3) is 3.96. The monoisotopic (exact) mass is 239 g/mol. The third-order valence-corrected chi connectivity index (χ3v) is 4.07. The van der Waals surface area contributed by atoms with Gasteiger partial charge in [0, 0.05) is 31.1 Å². The first-order valence-corrected chi connectivity index (χ1v) is 6.85. The molecule has 0 atom stereocenters. The zero-order valence-electron chi connectivity index (χ0n) is 10.9. The number of hydrogen-bond acceptors (Lipinski definition) is 3. The highest BCUT2D eigenvalue weighted by atomic mass is 16.1. The SMILES string of the molecule is CN(CCNC(=O)CC1(N)CCCC1)C1CC1. The minimum Gasteiger partial charge on any atom is -0.355 e. The Balaban J connectivity index is 1.60. The van der Waals surface area contributed by atoms with E-state index in [2.05, 4.69) is 17.3 Å². The summed E-state index contributed by atoms with van der Waals surface area (Å²) in [4.78, 5) is 14.1. The molecule has 3 N–H and O–H groups in total. The smallest absolute Gasteiger partial charge is 0.221 e. The van der Waals surface area contributed by atoms with E-state index in [0.717, 1.165) is 32.0 Å². The summed E-state index contributed by atoms with van der Waals surface area (Å²) in [5.41, 5.74) is 5.96. The highest BCUT2D eigenvalue weighted by molar-refractivity contribution is 5.77. The van der Waals surface area contributed by atoms with Gasteiger partial charge in [0.05, 0.1) is 0 Å². The van der Waals surface area contributed by atoms with Crippen molar-refractivity contribution < 1.29 is 4.79 Å². The Morgan fingerprint density at radius 1 is 1.41 bits per heavy atom. The average molecular weight is 239 g/mol. The van der Waals surface area contributed by atoms with Crippen LogP contribution in [-0.2, 0) is 4.79 Å². The Bertz CT molecular complexity index is 270. The first-order valence-electron chi connectivity index (χ1n) is 6.85. The van der Waals surface area contributed by atoms with Crippen LogP contribution >= 0.6 is 0 Å². The van der Waals surface area contributed by atoms with E-state index in [9.17, 15) is 4.79 Å². The van der Waals surface area contributed by atoms with Crippen LogP contribution < -0.4 is 11.1 Å². The van der Waals surface area contributed by atoms with E-state index >= 15 is 0 Å². The maximum Gasteiger partial charge on any atom is 0.221 e. The van der Waals surface area contributed by atoms with Gasteiger partial charge in [-0.15, -0.1) is 0 Å². The molecule has 4 heteroatoms. The Morgan fingerprint density at radius 2 is 2.06 bits per heavy atom. The molecule has 0 aliphatic heterocycles. The standard InChI is InChI=1S/C13H25N3O/c1-16(11-4-5-11)9-8-15-12(17)10-13(14)6-2-3-7-13/h11H,2-10,14H2,1H3,(H,15,17). The van der Waals surface area contributed by atoms with Gasteiger partial charge in [-0.3, -0.25) is 4.79 Å². The molecule has 17 heavy (non-hydrogen) atoms. The lowest BCUT2D eigenvalue weighted by atomic mass is 9.94. The lowest BCUT2D eigenvalue weighted by Gasteiger charge is -2.23. The van der Waals surface area contributed by atoms with E-state index in [0.29, 0.717) is 6.42 Å². The summed E-state index contributed by atoms with van der Waals surface area (Å²) < 4.78 is 0. The van der Waals surface area contributed by atoms with Gasteiger partial charge in [0.1, 0.15) is 0 Å². The van der Waals surface area contributed by atoms with E-state index in [1.807, 2.05) is 0 Å². The third-order valence-electron chi connectivity index (χ3n) is 4.07. The van der Waals surface area contributed by atoms with Gasteiger partial charge < -0.3 is 16.0 Å². The second-order valence-electron chi connectivity index (χ2n) is 5.81. The van der Waals surface area contributed by atoms with Crippen molar-refractivity contribution >= 4 is 5.91 Å². The highest BCUT2D eigenvalue weighted by Crippen LogP contribution is 2.29. The Kier molecular flexibility index (Phi) is 4.05. The van der Waals surface area contributed by atoms with Gasteiger partial charge >= 0.3 is 0 Å². The number of nitrogens with zero attached hydrogens (tertiary/aromatic N) is 1. The number of rotatable bonds is 6. The first kappa shape index (κ1) is 12.8. The Hall–Kier alpha value is -0.610. The van der Waals surface area contributed by atoms with Gasteiger partial charge in [-0.2, -0.15) is 0 Å².